The first-order chi connectivity index (χ1) is 4.52. The number of amides is 1. The van der Waals surface area contributed by atoms with E-state index in [1.807, 2.05) is 0 Å². The van der Waals surface area contributed by atoms with E-state index >= 15 is 0 Å². The fraction of sp³-hybridized carbons (Fsp3) is 0.875. The summed E-state index contributed by atoms with van der Waals surface area (Å²) in [6, 6.07) is 0. The third-order valence-corrected chi connectivity index (χ3v) is 2.10. The normalized spacial score (nSPS) is 18.7. The summed E-state index contributed by atoms with van der Waals surface area (Å²) in [5.41, 5.74) is 0.0336. The van der Waals surface area contributed by atoms with E-state index in [4.69, 9.17) is 0 Å². The summed E-state index contributed by atoms with van der Waals surface area (Å²) in [6.07, 6.45) is 2.54. The number of carbonyl (C=O) groups is 1. The minimum absolute atomic E-state index is 0.0336. The maximum Gasteiger partial charge on any atom is 0.217 e. The Bertz CT molecular complexity index is 147. The molecular formula is C8H15NO. The van der Waals surface area contributed by atoms with E-state index in [0.29, 0.717) is 0 Å². The van der Waals surface area contributed by atoms with E-state index in [2.05, 4.69) is 19.2 Å². The van der Waals surface area contributed by atoms with Crippen LogP contribution in [-0.4, -0.2) is 11.4 Å². The summed E-state index contributed by atoms with van der Waals surface area (Å²) in [6.45, 7) is 5.75. The topological polar surface area (TPSA) is 29.1 Å². The molecular weight excluding hydrogens is 126 g/mol. The minimum Gasteiger partial charge on any atom is -0.351 e. The molecule has 1 aliphatic rings. The van der Waals surface area contributed by atoms with E-state index in [0.717, 1.165) is 5.92 Å². The van der Waals surface area contributed by atoms with Crippen LogP contribution in [0.5, 0.6) is 0 Å². The molecule has 0 atom stereocenters. The maximum absolute atomic E-state index is 10.7. The zero-order chi connectivity index (χ0) is 7.78. The van der Waals surface area contributed by atoms with E-state index in [9.17, 15) is 4.79 Å². The highest BCUT2D eigenvalue weighted by molar-refractivity contribution is 5.73. The third-order valence-electron chi connectivity index (χ3n) is 2.10. The molecule has 1 aliphatic carbocycles. The van der Waals surface area contributed by atoms with Gasteiger partial charge in [0, 0.05) is 12.5 Å². The Kier molecular flexibility index (Phi) is 1.71. The van der Waals surface area contributed by atoms with Crippen LogP contribution in [0.25, 0.3) is 0 Å². The summed E-state index contributed by atoms with van der Waals surface area (Å²) in [5.74, 6) is 0.799. The van der Waals surface area contributed by atoms with Crippen molar-refractivity contribution in [2.24, 2.45) is 5.92 Å². The molecule has 1 rings (SSSR count). The fourth-order valence-electron chi connectivity index (χ4n) is 1.36. The van der Waals surface area contributed by atoms with Crippen LogP contribution >= 0.6 is 0 Å². The molecule has 1 N–H and O–H groups in total. The van der Waals surface area contributed by atoms with Crippen LogP contribution in [0.15, 0.2) is 0 Å². The lowest BCUT2D eigenvalue weighted by atomic mass is 9.99. The maximum atomic E-state index is 10.7. The van der Waals surface area contributed by atoms with Crippen LogP contribution in [0.2, 0.25) is 0 Å². The summed E-state index contributed by atoms with van der Waals surface area (Å²) in [4.78, 5) is 10.7. The molecule has 58 valence electrons. The van der Waals surface area contributed by atoms with Crippen molar-refractivity contribution in [2.45, 2.75) is 39.2 Å². The number of hydrogen-bond acceptors (Lipinski definition) is 1. The summed E-state index contributed by atoms with van der Waals surface area (Å²) in [7, 11) is 0. The Labute approximate surface area is 62.0 Å². The van der Waals surface area contributed by atoms with Gasteiger partial charge in [0.1, 0.15) is 0 Å². The van der Waals surface area contributed by atoms with Crippen LogP contribution < -0.4 is 5.32 Å². The number of hydrogen-bond donors (Lipinski definition) is 1. The van der Waals surface area contributed by atoms with Gasteiger partial charge in [-0.05, 0) is 32.6 Å². The van der Waals surface area contributed by atoms with Gasteiger partial charge in [-0.15, -0.1) is 0 Å². The van der Waals surface area contributed by atoms with Crippen molar-refractivity contribution in [3.05, 3.63) is 0 Å². The van der Waals surface area contributed by atoms with Crippen molar-refractivity contribution in [3.8, 4) is 0 Å². The lowest BCUT2D eigenvalue weighted by Crippen LogP contribution is -2.44. The van der Waals surface area contributed by atoms with Crippen LogP contribution in [0, 0.1) is 5.92 Å². The molecule has 0 aromatic rings. The molecule has 0 aliphatic heterocycles. The molecule has 1 fully saturated rings. The average molecular weight is 141 g/mol. The Morgan fingerprint density at radius 3 is 2.30 bits per heavy atom. The van der Waals surface area contributed by atoms with Gasteiger partial charge < -0.3 is 5.32 Å². The van der Waals surface area contributed by atoms with Gasteiger partial charge in [0.25, 0.3) is 0 Å². The molecule has 0 saturated heterocycles. The summed E-state index contributed by atoms with van der Waals surface area (Å²) >= 11 is 0. The van der Waals surface area contributed by atoms with Crippen LogP contribution in [0.3, 0.4) is 0 Å². The lowest BCUT2D eigenvalue weighted by molar-refractivity contribution is -0.120. The molecule has 10 heavy (non-hydrogen) atoms. The summed E-state index contributed by atoms with van der Waals surface area (Å²) in [5, 5.41) is 2.94. The Morgan fingerprint density at radius 2 is 2.00 bits per heavy atom. The second-order valence-corrected chi connectivity index (χ2v) is 3.68. The van der Waals surface area contributed by atoms with Crippen molar-refractivity contribution in [1.29, 1.82) is 0 Å². The van der Waals surface area contributed by atoms with E-state index < -0.39 is 0 Å². The molecule has 0 aromatic carbocycles. The first-order valence-electron chi connectivity index (χ1n) is 3.81. The minimum atomic E-state index is 0.0336. The molecule has 0 heterocycles. The first-order valence-corrected chi connectivity index (χ1v) is 3.81. The number of nitrogens with one attached hydrogen (secondary N) is 1. The van der Waals surface area contributed by atoms with Gasteiger partial charge in [0.05, 0.1) is 0 Å². The molecule has 0 unspecified atom stereocenters. The predicted octanol–water partition coefficient (Wildman–Crippen LogP) is 1.31. The molecule has 2 heteroatoms. The zero-order valence-corrected chi connectivity index (χ0v) is 6.90. The van der Waals surface area contributed by atoms with Crippen LogP contribution in [0.4, 0.5) is 0 Å². The highest BCUT2D eigenvalue weighted by atomic mass is 16.1. The van der Waals surface area contributed by atoms with Crippen molar-refractivity contribution in [2.75, 3.05) is 0 Å². The number of rotatable bonds is 2. The van der Waals surface area contributed by atoms with Crippen molar-refractivity contribution >= 4 is 5.91 Å². The van der Waals surface area contributed by atoms with Gasteiger partial charge in [-0.3, -0.25) is 4.79 Å². The second-order valence-electron chi connectivity index (χ2n) is 3.68. The van der Waals surface area contributed by atoms with Crippen molar-refractivity contribution in [3.63, 3.8) is 0 Å². The zero-order valence-electron chi connectivity index (χ0n) is 6.90. The smallest absolute Gasteiger partial charge is 0.217 e. The Morgan fingerprint density at radius 1 is 1.50 bits per heavy atom. The van der Waals surface area contributed by atoms with Gasteiger partial charge in [-0.1, -0.05) is 0 Å². The molecule has 0 radical (unpaired) electrons. The molecule has 0 bridgehead atoms. The molecule has 0 spiro atoms. The van der Waals surface area contributed by atoms with Gasteiger partial charge in [-0.2, -0.15) is 0 Å². The SMILES string of the molecule is CC(=O)NC(C)(C)C1CC1. The predicted molar refractivity (Wildman–Crippen MR) is 40.6 cm³/mol. The first kappa shape index (κ1) is 7.58. The lowest BCUT2D eigenvalue weighted by Gasteiger charge is -2.24. The Balaban J connectivity index is 2.41. The van der Waals surface area contributed by atoms with Crippen molar-refractivity contribution in [1.82, 2.24) is 5.32 Å². The molecule has 1 amide bonds. The summed E-state index contributed by atoms with van der Waals surface area (Å²) < 4.78 is 0. The quantitative estimate of drug-likeness (QED) is 0.617. The van der Waals surface area contributed by atoms with E-state index in [-0.39, 0.29) is 11.4 Å². The van der Waals surface area contributed by atoms with E-state index in [1.165, 1.54) is 12.8 Å². The van der Waals surface area contributed by atoms with Crippen LogP contribution in [-0.2, 0) is 4.79 Å². The van der Waals surface area contributed by atoms with Gasteiger partial charge >= 0.3 is 0 Å². The van der Waals surface area contributed by atoms with E-state index in [1.54, 1.807) is 6.92 Å². The molecule has 1 saturated carbocycles. The highest BCUT2D eigenvalue weighted by Crippen LogP contribution is 2.38. The monoisotopic (exact) mass is 141 g/mol. The highest BCUT2D eigenvalue weighted by Gasteiger charge is 2.37. The average Bonchev–Trinajstić information content (AvgIpc) is 2.35. The second kappa shape index (κ2) is 2.26. The molecule has 2 nitrogen and oxygen atoms in total. The standard InChI is InChI=1S/C8H15NO/c1-6(10)9-8(2,3)7-4-5-7/h7H,4-5H2,1-3H3,(H,9,10). The van der Waals surface area contributed by atoms with Gasteiger partial charge in [-0.25, -0.2) is 0 Å². The Hall–Kier alpha value is -0.530. The van der Waals surface area contributed by atoms with Gasteiger partial charge in [0.15, 0.2) is 0 Å². The van der Waals surface area contributed by atoms with Crippen molar-refractivity contribution < 1.29 is 4.79 Å². The number of carbonyl (C=O) groups excluding carboxylic acids is 1. The molecule has 0 aromatic heterocycles. The van der Waals surface area contributed by atoms with Gasteiger partial charge in [0.2, 0.25) is 5.91 Å². The van der Waals surface area contributed by atoms with Crippen LogP contribution in [0.1, 0.15) is 33.6 Å². The fourth-order valence-corrected chi connectivity index (χ4v) is 1.36. The largest absolute Gasteiger partial charge is 0.351 e. The third kappa shape index (κ3) is 1.72.